The lowest BCUT2D eigenvalue weighted by molar-refractivity contribution is 0.0953. The highest BCUT2D eigenvalue weighted by Crippen LogP contribution is 2.17. The van der Waals surface area contributed by atoms with Gasteiger partial charge in [-0.05, 0) is 31.9 Å². The van der Waals surface area contributed by atoms with Crippen molar-refractivity contribution in [1.29, 1.82) is 0 Å². The van der Waals surface area contributed by atoms with Crippen LogP contribution in [0.2, 0.25) is 0 Å². The average Bonchev–Trinajstić information content (AvgIpc) is 2.85. The second-order valence-electron chi connectivity index (χ2n) is 6.81. The van der Waals surface area contributed by atoms with E-state index in [9.17, 15) is 4.79 Å². The lowest BCUT2D eigenvalue weighted by Crippen LogP contribution is -2.36. The normalized spacial score (nSPS) is 15.1. The smallest absolute Gasteiger partial charge is 0.254 e. The van der Waals surface area contributed by atoms with E-state index >= 15 is 0 Å². The third-order valence-electron chi connectivity index (χ3n) is 4.86. The molecule has 0 aliphatic heterocycles. The van der Waals surface area contributed by atoms with Crippen LogP contribution in [0.5, 0.6) is 0 Å². The summed E-state index contributed by atoms with van der Waals surface area (Å²) in [6.07, 6.45) is 9.69. The molecule has 5 nitrogen and oxygen atoms in total. The Morgan fingerprint density at radius 2 is 1.81 bits per heavy atom. The maximum atomic E-state index is 12.4. The molecular formula is C20H29ClN4O. The van der Waals surface area contributed by atoms with Crippen LogP contribution in [-0.4, -0.2) is 34.8 Å². The van der Waals surface area contributed by atoms with Gasteiger partial charge in [0.1, 0.15) is 0 Å². The van der Waals surface area contributed by atoms with Crippen molar-refractivity contribution in [3.8, 4) is 5.69 Å². The van der Waals surface area contributed by atoms with E-state index in [0.29, 0.717) is 18.2 Å². The van der Waals surface area contributed by atoms with Gasteiger partial charge in [0.15, 0.2) is 0 Å². The van der Waals surface area contributed by atoms with Crippen molar-refractivity contribution in [3.05, 3.63) is 47.8 Å². The quantitative estimate of drug-likeness (QED) is 0.597. The second kappa shape index (κ2) is 10.3. The first kappa shape index (κ1) is 20.5. The van der Waals surface area contributed by atoms with Crippen LogP contribution >= 0.6 is 12.4 Å². The first-order valence-corrected chi connectivity index (χ1v) is 9.37. The third kappa shape index (κ3) is 5.58. The van der Waals surface area contributed by atoms with Crippen LogP contribution in [-0.2, 0) is 0 Å². The number of benzene rings is 1. The number of carbonyl (C=O) groups is 1. The summed E-state index contributed by atoms with van der Waals surface area (Å²) in [4.78, 5) is 12.4. The minimum Gasteiger partial charge on any atom is -0.351 e. The Kier molecular flexibility index (Phi) is 8.13. The topological polar surface area (TPSA) is 59.0 Å². The number of para-hydroxylation sites is 1. The number of hydrogen-bond acceptors (Lipinski definition) is 3. The van der Waals surface area contributed by atoms with E-state index in [1.165, 1.54) is 38.5 Å². The maximum absolute atomic E-state index is 12.4. The minimum atomic E-state index is -0.0534. The summed E-state index contributed by atoms with van der Waals surface area (Å²) in [7, 11) is 0. The lowest BCUT2D eigenvalue weighted by atomic mass is 10.1. The minimum absolute atomic E-state index is 0. The standard InChI is InChI=1S/C20H28N4O.ClH/c1-16-19(15-24(23-16)18-11-7-4-8-12-18)20(25)22-14-13-21-17-9-5-2-3-6-10-17;/h4,7-8,11-12,15,17,21H,2-3,5-6,9-10,13-14H2,1H3,(H,22,25);1H. The molecular weight excluding hydrogens is 348 g/mol. The zero-order valence-corrected chi connectivity index (χ0v) is 16.2. The highest BCUT2D eigenvalue weighted by Gasteiger charge is 2.14. The SMILES string of the molecule is Cc1nn(-c2ccccc2)cc1C(=O)NCCNC1CCCCCC1.Cl. The van der Waals surface area contributed by atoms with Gasteiger partial charge in [-0.15, -0.1) is 12.4 Å². The van der Waals surface area contributed by atoms with E-state index in [1.807, 2.05) is 37.3 Å². The molecule has 1 fully saturated rings. The predicted molar refractivity (Wildman–Crippen MR) is 107 cm³/mol. The van der Waals surface area contributed by atoms with E-state index in [-0.39, 0.29) is 18.3 Å². The predicted octanol–water partition coefficient (Wildman–Crippen LogP) is 3.64. The van der Waals surface area contributed by atoms with Crippen LogP contribution in [0.3, 0.4) is 0 Å². The van der Waals surface area contributed by atoms with Crippen molar-refractivity contribution in [2.24, 2.45) is 0 Å². The molecule has 26 heavy (non-hydrogen) atoms. The molecule has 3 rings (SSSR count). The summed E-state index contributed by atoms with van der Waals surface area (Å²) in [6, 6.07) is 10.5. The average molecular weight is 377 g/mol. The molecule has 142 valence electrons. The van der Waals surface area contributed by atoms with Crippen molar-refractivity contribution in [2.45, 2.75) is 51.5 Å². The first-order valence-electron chi connectivity index (χ1n) is 9.37. The van der Waals surface area contributed by atoms with E-state index in [1.54, 1.807) is 10.9 Å². The van der Waals surface area contributed by atoms with Crippen molar-refractivity contribution >= 4 is 18.3 Å². The molecule has 2 N–H and O–H groups in total. The summed E-state index contributed by atoms with van der Waals surface area (Å²) in [5, 5.41) is 11.0. The van der Waals surface area contributed by atoms with E-state index in [4.69, 9.17) is 0 Å². The van der Waals surface area contributed by atoms with Gasteiger partial charge < -0.3 is 10.6 Å². The summed E-state index contributed by atoms with van der Waals surface area (Å²) in [5.41, 5.74) is 2.34. The van der Waals surface area contributed by atoms with Crippen molar-refractivity contribution < 1.29 is 4.79 Å². The summed E-state index contributed by atoms with van der Waals surface area (Å²) in [6.45, 7) is 3.34. The van der Waals surface area contributed by atoms with Crippen molar-refractivity contribution in [2.75, 3.05) is 13.1 Å². The molecule has 0 atom stereocenters. The van der Waals surface area contributed by atoms with Crippen LogP contribution in [0.4, 0.5) is 0 Å². The zero-order chi connectivity index (χ0) is 17.5. The molecule has 0 spiro atoms. The van der Waals surface area contributed by atoms with Crippen LogP contribution in [0, 0.1) is 6.92 Å². The first-order chi connectivity index (χ1) is 12.2. The number of nitrogens with one attached hydrogen (secondary N) is 2. The fourth-order valence-corrected chi connectivity index (χ4v) is 3.43. The number of aryl methyl sites for hydroxylation is 1. The number of aromatic nitrogens is 2. The van der Waals surface area contributed by atoms with Gasteiger partial charge in [0.25, 0.3) is 5.91 Å². The van der Waals surface area contributed by atoms with Crippen molar-refractivity contribution in [1.82, 2.24) is 20.4 Å². The highest BCUT2D eigenvalue weighted by atomic mass is 35.5. The number of carbonyl (C=O) groups excluding carboxylic acids is 1. The monoisotopic (exact) mass is 376 g/mol. The maximum Gasteiger partial charge on any atom is 0.254 e. The van der Waals surface area contributed by atoms with Crippen LogP contribution in [0.25, 0.3) is 5.69 Å². The van der Waals surface area contributed by atoms with Gasteiger partial charge in [0, 0.05) is 25.3 Å². The van der Waals surface area contributed by atoms with Gasteiger partial charge in [-0.2, -0.15) is 5.10 Å². The molecule has 0 saturated heterocycles. The fraction of sp³-hybridized carbons (Fsp3) is 0.500. The number of amides is 1. The van der Waals surface area contributed by atoms with Gasteiger partial charge >= 0.3 is 0 Å². The molecule has 1 heterocycles. The molecule has 1 saturated carbocycles. The highest BCUT2D eigenvalue weighted by molar-refractivity contribution is 5.95. The van der Waals surface area contributed by atoms with Gasteiger partial charge in [0.05, 0.1) is 16.9 Å². The van der Waals surface area contributed by atoms with Crippen LogP contribution in [0.15, 0.2) is 36.5 Å². The molecule has 0 bridgehead atoms. The van der Waals surface area contributed by atoms with E-state index in [0.717, 1.165) is 17.9 Å². The number of rotatable bonds is 6. The Bertz CT molecular complexity index is 678. The second-order valence-corrected chi connectivity index (χ2v) is 6.81. The van der Waals surface area contributed by atoms with Gasteiger partial charge in [-0.1, -0.05) is 43.9 Å². The molecule has 1 aliphatic rings. The van der Waals surface area contributed by atoms with Gasteiger partial charge in [0.2, 0.25) is 0 Å². The van der Waals surface area contributed by atoms with Gasteiger partial charge in [-0.25, -0.2) is 4.68 Å². The molecule has 1 aromatic heterocycles. The van der Waals surface area contributed by atoms with E-state index < -0.39 is 0 Å². The molecule has 1 aliphatic carbocycles. The Morgan fingerprint density at radius 3 is 2.50 bits per heavy atom. The fourth-order valence-electron chi connectivity index (χ4n) is 3.43. The largest absolute Gasteiger partial charge is 0.351 e. The zero-order valence-electron chi connectivity index (χ0n) is 15.4. The van der Waals surface area contributed by atoms with E-state index in [2.05, 4.69) is 15.7 Å². The lowest BCUT2D eigenvalue weighted by Gasteiger charge is -2.16. The summed E-state index contributed by atoms with van der Waals surface area (Å²) < 4.78 is 1.76. The summed E-state index contributed by atoms with van der Waals surface area (Å²) in [5.74, 6) is -0.0534. The van der Waals surface area contributed by atoms with Crippen LogP contribution in [0.1, 0.15) is 54.6 Å². The Hall–Kier alpha value is -1.85. The molecule has 1 aromatic carbocycles. The molecule has 1 amide bonds. The molecule has 6 heteroatoms. The number of halogens is 1. The molecule has 0 radical (unpaired) electrons. The molecule has 2 aromatic rings. The number of nitrogens with zero attached hydrogens (tertiary/aromatic N) is 2. The Balaban J connectivity index is 0.00000243. The Morgan fingerprint density at radius 1 is 1.12 bits per heavy atom. The van der Waals surface area contributed by atoms with Crippen LogP contribution < -0.4 is 10.6 Å². The Labute approximate surface area is 162 Å². The third-order valence-corrected chi connectivity index (χ3v) is 4.86. The summed E-state index contributed by atoms with van der Waals surface area (Å²) >= 11 is 0. The van der Waals surface area contributed by atoms with Crippen molar-refractivity contribution in [3.63, 3.8) is 0 Å². The van der Waals surface area contributed by atoms with Gasteiger partial charge in [-0.3, -0.25) is 4.79 Å². The number of hydrogen-bond donors (Lipinski definition) is 2. The molecule has 0 unspecified atom stereocenters.